The van der Waals surface area contributed by atoms with Crippen LogP contribution in [0, 0.1) is 5.82 Å². The Morgan fingerprint density at radius 3 is 1.90 bits per heavy atom. The van der Waals surface area contributed by atoms with Crippen molar-refractivity contribution in [1.82, 2.24) is 5.32 Å². The molecule has 0 radical (unpaired) electrons. The van der Waals surface area contributed by atoms with E-state index in [1.165, 1.54) is 17.0 Å². The maximum absolute atomic E-state index is 13.2. The lowest BCUT2D eigenvalue weighted by Gasteiger charge is -2.36. The van der Waals surface area contributed by atoms with E-state index in [1.807, 2.05) is 55.5 Å². The Balaban J connectivity index is 1.41. The van der Waals surface area contributed by atoms with Gasteiger partial charge in [-0.05, 0) is 42.3 Å². The number of amides is 1. The number of carbonyl (C=O) groups excluding carboxylic acids is 1. The lowest BCUT2D eigenvalue weighted by Crippen LogP contribution is -3.19. The molecule has 2 N–H and O–H groups in total. The standard InChI is InChI=1S/C26H28FN3O/c1-20(29-16-18-30(19-17-29)24-14-12-23(27)13-15-24)26(31)28-25(21-8-4-2-5-9-21)22-10-6-3-7-11-22/h2-15,20,25H,16-19H2,1H3,(H,28,31)/p+1/t20-/m0/s1. The van der Waals surface area contributed by atoms with Gasteiger partial charge in [0.05, 0.1) is 32.2 Å². The Morgan fingerprint density at radius 2 is 1.39 bits per heavy atom. The number of piperazine rings is 1. The Kier molecular flexibility index (Phi) is 6.63. The van der Waals surface area contributed by atoms with Crippen molar-refractivity contribution in [3.05, 3.63) is 102 Å². The molecule has 5 heteroatoms. The third-order valence-electron chi connectivity index (χ3n) is 6.16. The predicted octanol–water partition coefficient (Wildman–Crippen LogP) is 2.82. The number of halogens is 1. The highest BCUT2D eigenvalue weighted by molar-refractivity contribution is 5.81. The molecule has 0 saturated carbocycles. The van der Waals surface area contributed by atoms with Gasteiger partial charge in [0, 0.05) is 5.69 Å². The first-order valence-electron chi connectivity index (χ1n) is 10.9. The molecule has 160 valence electrons. The van der Waals surface area contributed by atoms with Gasteiger partial charge in [-0.15, -0.1) is 0 Å². The predicted molar refractivity (Wildman–Crippen MR) is 122 cm³/mol. The first-order valence-corrected chi connectivity index (χ1v) is 10.9. The summed E-state index contributed by atoms with van der Waals surface area (Å²) in [4.78, 5) is 16.7. The monoisotopic (exact) mass is 418 g/mol. The second-order valence-electron chi connectivity index (χ2n) is 8.11. The third kappa shape index (κ3) is 5.12. The van der Waals surface area contributed by atoms with Gasteiger partial charge < -0.3 is 15.1 Å². The second-order valence-corrected chi connectivity index (χ2v) is 8.11. The van der Waals surface area contributed by atoms with Gasteiger partial charge in [-0.25, -0.2) is 4.39 Å². The zero-order valence-electron chi connectivity index (χ0n) is 17.8. The van der Waals surface area contributed by atoms with Crippen LogP contribution in [0.1, 0.15) is 24.1 Å². The topological polar surface area (TPSA) is 36.8 Å². The van der Waals surface area contributed by atoms with Crippen LogP contribution in [0.15, 0.2) is 84.9 Å². The molecule has 1 heterocycles. The van der Waals surface area contributed by atoms with Crippen LogP contribution in [0.5, 0.6) is 0 Å². The van der Waals surface area contributed by atoms with Gasteiger partial charge in [0.25, 0.3) is 5.91 Å². The van der Waals surface area contributed by atoms with Crippen molar-refractivity contribution in [1.29, 1.82) is 0 Å². The highest BCUT2D eigenvalue weighted by atomic mass is 19.1. The van der Waals surface area contributed by atoms with Gasteiger partial charge in [-0.2, -0.15) is 0 Å². The lowest BCUT2D eigenvalue weighted by molar-refractivity contribution is -0.914. The van der Waals surface area contributed by atoms with Crippen LogP contribution in [-0.2, 0) is 4.79 Å². The van der Waals surface area contributed by atoms with Crippen LogP contribution < -0.4 is 15.1 Å². The van der Waals surface area contributed by atoms with E-state index in [4.69, 9.17) is 0 Å². The van der Waals surface area contributed by atoms with Gasteiger partial charge >= 0.3 is 0 Å². The van der Waals surface area contributed by atoms with E-state index in [1.54, 1.807) is 0 Å². The summed E-state index contributed by atoms with van der Waals surface area (Å²) in [5.41, 5.74) is 3.18. The number of rotatable bonds is 6. The molecular weight excluding hydrogens is 389 g/mol. The molecule has 0 aromatic heterocycles. The molecule has 0 unspecified atom stereocenters. The Morgan fingerprint density at radius 1 is 0.871 bits per heavy atom. The number of benzene rings is 3. The van der Waals surface area contributed by atoms with E-state index in [9.17, 15) is 9.18 Å². The van der Waals surface area contributed by atoms with Gasteiger partial charge in [-0.1, -0.05) is 60.7 Å². The van der Waals surface area contributed by atoms with Crippen molar-refractivity contribution in [3.8, 4) is 0 Å². The Labute approximate surface area is 183 Å². The summed E-state index contributed by atoms with van der Waals surface area (Å²) in [7, 11) is 0. The molecule has 0 spiro atoms. The van der Waals surface area contributed by atoms with Crippen molar-refractivity contribution in [2.24, 2.45) is 0 Å². The van der Waals surface area contributed by atoms with E-state index < -0.39 is 0 Å². The molecular formula is C26H29FN3O+. The molecule has 1 aliphatic heterocycles. The number of nitrogens with one attached hydrogen (secondary N) is 2. The van der Waals surface area contributed by atoms with E-state index in [2.05, 4.69) is 34.5 Å². The average Bonchev–Trinajstić information content (AvgIpc) is 2.83. The van der Waals surface area contributed by atoms with Gasteiger partial charge in [0.2, 0.25) is 0 Å². The lowest BCUT2D eigenvalue weighted by atomic mass is 9.98. The molecule has 31 heavy (non-hydrogen) atoms. The van der Waals surface area contributed by atoms with Crippen molar-refractivity contribution >= 4 is 11.6 Å². The summed E-state index contributed by atoms with van der Waals surface area (Å²) in [6, 6.07) is 26.5. The Hall–Kier alpha value is -3.18. The number of anilines is 1. The Bertz CT molecular complexity index is 931. The van der Waals surface area contributed by atoms with Gasteiger partial charge in [-0.3, -0.25) is 4.79 Å². The summed E-state index contributed by atoms with van der Waals surface area (Å²) in [5.74, 6) is -0.160. The molecule has 1 aliphatic rings. The molecule has 1 amide bonds. The fourth-order valence-corrected chi connectivity index (χ4v) is 4.24. The van der Waals surface area contributed by atoms with Crippen LogP contribution in [0.3, 0.4) is 0 Å². The molecule has 0 bridgehead atoms. The van der Waals surface area contributed by atoms with Crippen LogP contribution >= 0.6 is 0 Å². The van der Waals surface area contributed by atoms with Crippen LogP contribution in [0.25, 0.3) is 0 Å². The van der Waals surface area contributed by atoms with Crippen LogP contribution in [0.4, 0.5) is 10.1 Å². The number of nitrogens with zero attached hydrogens (tertiary/aromatic N) is 1. The minimum Gasteiger partial charge on any atom is -0.360 e. The second kappa shape index (κ2) is 9.75. The first kappa shape index (κ1) is 21.1. The number of carbonyl (C=O) groups is 1. The third-order valence-corrected chi connectivity index (χ3v) is 6.16. The zero-order chi connectivity index (χ0) is 21.6. The normalized spacial score (nSPS) is 15.6. The molecule has 4 nitrogen and oxygen atoms in total. The minimum absolute atomic E-state index is 0.0583. The molecule has 3 aromatic rings. The van der Waals surface area contributed by atoms with Crippen LogP contribution in [-0.4, -0.2) is 38.1 Å². The van der Waals surface area contributed by atoms with Gasteiger partial charge in [0.15, 0.2) is 6.04 Å². The fraction of sp³-hybridized carbons (Fsp3) is 0.269. The summed E-state index contributed by atoms with van der Waals surface area (Å²) in [6.07, 6.45) is 0. The maximum atomic E-state index is 13.2. The molecule has 0 aliphatic carbocycles. The van der Waals surface area contributed by atoms with E-state index in [0.717, 1.165) is 43.0 Å². The largest absolute Gasteiger partial charge is 0.360 e. The minimum atomic E-state index is -0.218. The van der Waals surface area contributed by atoms with Gasteiger partial charge in [0.1, 0.15) is 5.82 Å². The van der Waals surface area contributed by atoms with Crippen molar-refractivity contribution in [2.75, 3.05) is 31.1 Å². The summed E-state index contributed by atoms with van der Waals surface area (Å²) >= 11 is 0. The van der Waals surface area contributed by atoms with Crippen molar-refractivity contribution < 1.29 is 14.1 Å². The molecule has 3 aromatic carbocycles. The highest BCUT2D eigenvalue weighted by Crippen LogP contribution is 2.21. The SMILES string of the molecule is C[C@@H](C(=O)NC(c1ccccc1)c1ccccc1)[NH+]1CCN(c2ccc(F)cc2)CC1. The zero-order valence-corrected chi connectivity index (χ0v) is 17.8. The van der Waals surface area contributed by atoms with E-state index >= 15 is 0 Å². The number of hydrogen-bond acceptors (Lipinski definition) is 2. The summed E-state index contributed by atoms with van der Waals surface area (Å²) in [6.45, 7) is 5.44. The highest BCUT2D eigenvalue weighted by Gasteiger charge is 2.31. The van der Waals surface area contributed by atoms with Crippen LogP contribution in [0.2, 0.25) is 0 Å². The molecule has 1 atom stereocenters. The smallest absolute Gasteiger partial charge is 0.278 e. The molecule has 1 saturated heterocycles. The number of hydrogen-bond donors (Lipinski definition) is 2. The quantitative estimate of drug-likeness (QED) is 0.646. The first-order chi connectivity index (χ1) is 15.1. The summed E-state index contributed by atoms with van der Waals surface area (Å²) < 4.78 is 13.2. The molecule has 1 fully saturated rings. The average molecular weight is 419 g/mol. The fourth-order valence-electron chi connectivity index (χ4n) is 4.24. The van der Waals surface area contributed by atoms with Crippen molar-refractivity contribution in [2.45, 2.75) is 19.0 Å². The maximum Gasteiger partial charge on any atom is 0.278 e. The molecule has 4 rings (SSSR count). The number of quaternary nitrogens is 1. The van der Waals surface area contributed by atoms with Crippen molar-refractivity contribution in [3.63, 3.8) is 0 Å². The van der Waals surface area contributed by atoms with E-state index in [-0.39, 0.29) is 23.8 Å². The van der Waals surface area contributed by atoms with E-state index in [0.29, 0.717) is 0 Å². The summed E-state index contributed by atoms with van der Waals surface area (Å²) in [5, 5.41) is 3.28.